The van der Waals surface area contributed by atoms with Crippen LogP contribution >= 0.6 is 11.6 Å². The van der Waals surface area contributed by atoms with Crippen molar-refractivity contribution >= 4 is 22.5 Å². The molecule has 0 radical (unpaired) electrons. The number of hydrogen-bond donors (Lipinski definition) is 0. The Morgan fingerprint density at radius 3 is 2.50 bits per heavy atom. The molecule has 0 amide bonds. The number of aromatic nitrogens is 5. The summed E-state index contributed by atoms with van der Waals surface area (Å²) in [5.74, 6) is 1.67. The van der Waals surface area contributed by atoms with E-state index in [2.05, 4.69) is 20.1 Å². The number of ether oxygens (including phenoxy) is 2. The summed E-state index contributed by atoms with van der Waals surface area (Å²) in [6.07, 6.45) is 2.96. The zero-order valence-corrected chi connectivity index (χ0v) is 11.5. The van der Waals surface area contributed by atoms with Crippen LogP contribution in [-0.2, 0) is 0 Å². The van der Waals surface area contributed by atoms with Gasteiger partial charge in [-0.2, -0.15) is 10.1 Å². The highest BCUT2D eigenvalue weighted by atomic mass is 35.5. The van der Waals surface area contributed by atoms with Gasteiger partial charge in [-0.15, -0.1) is 0 Å². The molecule has 0 atom stereocenters. The molecule has 0 bridgehead atoms. The summed E-state index contributed by atoms with van der Waals surface area (Å²) in [6.45, 7) is 0. The van der Waals surface area contributed by atoms with Gasteiger partial charge in [0, 0.05) is 11.5 Å². The fourth-order valence-electron chi connectivity index (χ4n) is 1.90. The lowest BCUT2D eigenvalue weighted by Crippen LogP contribution is -2.02. The summed E-state index contributed by atoms with van der Waals surface area (Å²) in [5, 5.41) is 4.91. The minimum absolute atomic E-state index is 0.121. The van der Waals surface area contributed by atoms with Crippen LogP contribution in [0.3, 0.4) is 0 Å². The average molecular weight is 292 g/mol. The molecule has 0 saturated carbocycles. The number of halogens is 1. The van der Waals surface area contributed by atoms with Gasteiger partial charge in [-0.25, -0.2) is 14.6 Å². The van der Waals surface area contributed by atoms with Crippen molar-refractivity contribution in [3.05, 3.63) is 30.1 Å². The monoisotopic (exact) mass is 291 g/mol. The number of benzene rings is 1. The van der Waals surface area contributed by atoms with Gasteiger partial charge in [0.1, 0.15) is 12.7 Å². The number of nitrogens with zero attached hydrogens (tertiary/aromatic N) is 5. The average Bonchev–Trinajstić information content (AvgIpc) is 2.98. The smallest absolute Gasteiger partial charge is 0.224 e. The Kier molecular flexibility index (Phi) is 3.11. The van der Waals surface area contributed by atoms with E-state index in [9.17, 15) is 0 Å². The van der Waals surface area contributed by atoms with Crippen molar-refractivity contribution in [1.29, 1.82) is 0 Å². The highest BCUT2D eigenvalue weighted by Crippen LogP contribution is 2.33. The van der Waals surface area contributed by atoms with E-state index < -0.39 is 0 Å². The molecule has 1 aromatic carbocycles. The van der Waals surface area contributed by atoms with Crippen LogP contribution in [0.5, 0.6) is 11.5 Å². The minimum atomic E-state index is 0.121. The molecule has 0 spiro atoms. The predicted molar refractivity (Wildman–Crippen MR) is 72.6 cm³/mol. The molecular weight excluding hydrogens is 282 g/mol. The quantitative estimate of drug-likeness (QED) is 0.686. The number of hydrogen-bond acceptors (Lipinski definition) is 6. The highest BCUT2D eigenvalue weighted by molar-refractivity contribution is 6.28. The largest absolute Gasteiger partial charge is 0.493 e. The highest BCUT2D eigenvalue weighted by Gasteiger charge is 2.14. The molecule has 7 nitrogen and oxygen atoms in total. The minimum Gasteiger partial charge on any atom is -0.493 e. The molecule has 0 aliphatic rings. The third-order valence-corrected chi connectivity index (χ3v) is 2.96. The molecule has 0 unspecified atom stereocenters. The van der Waals surface area contributed by atoms with Gasteiger partial charge in [-0.1, -0.05) is 0 Å². The molecule has 2 aromatic heterocycles. The van der Waals surface area contributed by atoms with Crippen LogP contribution in [0, 0.1) is 0 Å². The van der Waals surface area contributed by atoms with Crippen molar-refractivity contribution < 1.29 is 9.47 Å². The van der Waals surface area contributed by atoms with E-state index in [1.807, 2.05) is 0 Å². The fourth-order valence-corrected chi connectivity index (χ4v) is 2.08. The summed E-state index contributed by atoms with van der Waals surface area (Å²) in [4.78, 5) is 12.3. The van der Waals surface area contributed by atoms with E-state index >= 15 is 0 Å². The maximum atomic E-state index is 5.95. The Hall–Kier alpha value is -2.41. The van der Waals surface area contributed by atoms with Crippen molar-refractivity contribution in [2.75, 3.05) is 14.2 Å². The fraction of sp³-hybridized carbons (Fsp3) is 0.167. The normalized spacial score (nSPS) is 10.8. The van der Waals surface area contributed by atoms with Crippen LogP contribution in [0.2, 0.25) is 5.28 Å². The zero-order chi connectivity index (χ0) is 14.1. The van der Waals surface area contributed by atoms with Crippen LogP contribution in [0.1, 0.15) is 0 Å². The van der Waals surface area contributed by atoms with Crippen molar-refractivity contribution in [2.24, 2.45) is 0 Å². The Labute approximate surface area is 119 Å². The SMILES string of the molecule is COc1cc2nc(Cl)nc(-n3cncn3)c2cc1OC. The standard InChI is InChI=1S/C12H10ClN5O2/c1-19-9-3-7-8(4-10(9)20-2)16-12(13)17-11(7)18-6-14-5-15-18/h3-6H,1-2H3. The van der Waals surface area contributed by atoms with E-state index in [1.165, 1.54) is 17.3 Å². The van der Waals surface area contributed by atoms with Gasteiger partial charge in [0.15, 0.2) is 17.3 Å². The van der Waals surface area contributed by atoms with E-state index in [0.717, 1.165) is 5.39 Å². The molecule has 8 heteroatoms. The van der Waals surface area contributed by atoms with Crippen LogP contribution in [0.4, 0.5) is 0 Å². The van der Waals surface area contributed by atoms with Gasteiger partial charge in [0.25, 0.3) is 0 Å². The Balaban J connectivity index is 2.35. The summed E-state index contributed by atoms with van der Waals surface area (Å²) >= 11 is 5.95. The van der Waals surface area contributed by atoms with Crippen molar-refractivity contribution in [2.45, 2.75) is 0 Å². The lowest BCUT2D eigenvalue weighted by molar-refractivity contribution is 0.355. The van der Waals surface area contributed by atoms with E-state index in [0.29, 0.717) is 22.8 Å². The van der Waals surface area contributed by atoms with Crippen molar-refractivity contribution in [3.63, 3.8) is 0 Å². The van der Waals surface area contributed by atoms with Crippen molar-refractivity contribution in [3.8, 4) is 17.3 Å². The molecule has 3 aromatic rings. The van der Waals surface area contributed by atoms with Gasteiger partial charge in [0.05, 0.1) is 19.7 Å². The summed E-state index contributed by atoms with van der Waals surface area (Å²) in [7, 11) is 3.13. The first kappa shape index (κ1) is 12.6. The Morgan fingerprint density at radius 1 is 1.10 bits per heavy atom. The summed E-state index contributed by atoms with van der Waals surface area (Å²) in [5.41, 5.74) is 0.633. The summed E-state index contributed by atoms with van der Waals surface area (Å²) < 4.78 is 12.1. The molecule has 0 saturated heterocycles. The second-order valence-electron chi connectivity index (χ2n) is 3.88. The molecule has 20 heavy (non-hydrogen) atoms. The molecule has 0 N–H and O–H groups in total. The van der Waals surface area contributed by atoms with Crippen LogP contribution in [-0.4, -0.2) is 39.0 Å². The van der Waals surface area contributed by atoms with Gasteiger partial charge in [-0.3, -0.25) is 0 Å². The zero-order valence-electron chi connectivity index (χ0n) is 10.7. The summed E-state index contributed by atoms with van der Waals surface area (Å²) in [6, 6.07) is 3.52. The van der Waals surface area contributed by atoms with Gasteiger partial charge >= 0.3 is 0 Å². The first-order chi connectivity index (χ1) is 9.72. The lowest BCUT2D eigenvalue weighted by atomic mass is 10.2. The van der Waals surface area contributed by atoms with Crippen molar-refractivity contribution in [1.82, 2.24) is 24.7 Å². The predicted octanol–water partition coefficient (Wildman–Crippen LogP) is 1.88. The molecule has 2 heterocycles. The Morgan fingerprint density at radius 2 is 1.85 bits per heavy atom. The lowest BCUT2D eigenvalue weighted by Gasteiger charge is -2.11. The first-order valence-corrected chi connectivity index (χ1v) is 6.05. The number of fused-ring (bicyclic) bond motifs is 1. The van der Waals surface area contributed by atoms with Gasteiger partial charge in [-0.05, 0) is 17.7 Å². The maximum Gasteiger partial charge on any atom is 0.224 e. The number of rotatable bonds is 3. The second kappa shape index (κ2) is 4.93. The third kappa shape index (κ3) is 2.01. The second-order valence-corrected chi connectivity index (χ2v) is 4.22. The number of methoxy groups -OCH3 is 2. The molecular formula is C12H10ClN5O2. The van der Waals surface area contributed by atoms with E-state index in [1.54, 1.807) is 26.4 Å². The van der Waals surface area contributed by atoms with Gasteiger partial charge < -0.3 is 9.47 Å². The van der Waals surface area contributed by atoms with E-state index in [4.69, 9.17) is 21.1 Å². The first-order valence-electron chi connectivity index (χ1n) is 5.67. The Bertz CT molecular complexity index is 760. The molecule has 0 aliphatic heterocycles. The molecule has 0 fully saturated rings. The van der Waals surface area contributed by atoms with Crippen LogP contribution in [0.25, 0.3) is 16.7 Å². The van der Waals surface area contributed by atoms with E-state index in [-0.39, 0.29) is 5.28 Å². The van der Waals surface area contributed by atoms with Crippen LogP contribution in [0.15, 0.2) is 24.8 Å². The van der Waals surface area contributed by atoms with Crippen LogP contribution < -0.4 is 9.47 Å². The molecule has 0 aliphatic carbocycles. The maximum absolute atomic E-state index is 5.95. The third-order valence-electron chi connectivity index (χ3n) is 2.79. The topological polar surface area (TPSA) is 75.0 Å². The molecule has 102 valence electrons. The van der Waals surface area contributed by atoms with Gasteiger partial charge in [0.2, 0.25) is 5.28 Å². The molecule has 3 rings (SSSR count).